The Bertz CT molecular complexity index is 1290. The number of fused-ring (bicyclic) bond motifs is 1. The van der Waals surface area contributed by atoms with Crippen LogP contribution in [0.25, 0.3) is 11.3 Å². The molecule has 0 spiro atoms. The Hall–Kier alpha value is -3.81. The second-order valence-corrected chi connectivity index (χ2v) is 7.69. The third-order valence-corrected chi connectivity index (χ3v) is 5.03. The van der Waals surface area contributed by atoms with Crippen molar-refractivity contribution in [2.75, 3.05) is 5.32 Å². The SMILES string of the molecule is Cc1ccc(NC(=O)CC(C)Cc2nnc3c(=O)n(-c4cccc(F)c4)ccn23)cc1. The third-order valence-electron chi connectivity index (χ3n) is 5.03. The third kappa shape index (κ3) is 4.53. The number of nitrogens with zero attached hydrogens (tertiary/aromatic N) is 4. The summed E-state index contributed by atoms with van der Waals surface area (Å²) in [4.78, 5) is 25.1. The van der Waals surface area contributed by atoms with Crippen LogP contribution in [-0.4, -0.2) is 25.1 Å². The van der Waals surface area contributed by atoms with Crippen molar-refractivity contribution in [1.29, 1.82) is 0 Å². The molecule has 4 rings (SSSR count). The van der Waals surface area contributed by atoms with Gasteiger partial charge in [0.05, 0.1) is 5.69 Å². The van der Waals surface area contributed by atoms with E-state index in [1.165, 1.54) is 16.7 Å². The van der Waals surface area contributed by atoms with Crippen molar-refractivity contribution >= 4 is 17.2 Å². The number of hydrogen-bond acceptors (Lipinski definition) is 4. The molecular formula is C23H22FN5O2. The maximum absolute atomic E-state index is 13.5. The van der Waals surface area contributed by atoms with Gasteiger partial charge in [-0.1, -0.05) is 30.7 Å². The van der Waals surface area contributed by atoms with Crippen molar-refractivity contribution in [1.82, 2.24) is 19.2 Å². The van der Waals surface area contributed by atoms with Crippen LogP contribution in [0.5, 0.6) is 0 Å². The van der Waals surface area contributed by atoms with Gasteiger partial charge >= 0.3 is 5.56 Å². The minimum absolute atomic E-state index is 0.0106. The highest BCUT2D eigenvalue weighted by molar-refractivity contribution is 5.90. The number of carbonyl (C=O) groups excluding carboxylic acids is 1. The Kier molecular flexibility index (Phi) is 5.62. The van der Waals surface area contributed by atoms with E-state index in [4.69, 9.17) is 0 Å². The molecule has 0 saturated carbocycles. The van der Waals surface area contributed by atoms with E-state index in [0.717, 1.165) is 11.3 Å². The topological polar surface area (TPSA) is 81.3 Å². The molecule has 2 aromatic carbocycles. The van der Waals surface area contributed by atoms with Crippen molar-refractivity contribution in [3.05, 3.63) is 88.5 Å². The summed E-state index contributed by atoms with van der Waals surface area (Å²) in [6.45, 7) is 3.94. The lowest BCUT2D eigenvalue weighted by atomic mass is 10.0. The van der Waals surface area contributed by atoms with Crippen LogP contribution in [0.3, 0.4) is 0 Å². The zero-order valence-electron chi connectivity index (χ0n) is 17.2. The van der Waals surface area contributed by atoms with Gasteiger partial charge in [-0.25, -0.2) is 4.39 Å². The number of hydrogen-bond donors (Lipinski definition) is 1. The Morgan fingerprint density at radius 3 is 2.65 bits per heavy atom. The van der Waals surface area contributed by atoms with Crippen LogP contribution in [0.1, 0.15) is 24.7 Å². The van der Waals surface area contributed by atoms with Gasteiger partial charge in [0.15, 0.2) is 0 Å². The number of amides is 1. The van der Waals surface area contributed by atoms with Crippen LogP contribution in [0, 0.1) is 18.7 Å². The number of nitrogens with one attached hydrogen (secondary N) is 1. The Balaban J connectivity index is 1.48. The van der Waals surface area contributed by atoms with E-state index >= 15 is 0 Å². The minimum atomic E-state index is -0.427. The maximum Gasteiger partial charge on any atom is 0.300 e. The van der Waals surface area contributed by atoms with E-state index in [-0.39, 0.29) is 17.5 Å². The zero-order chi connectivity index (χ0) is 22.0. The highest BCUT2D eigenvalue weighted by Gasteiger charge is 2.16. The second-order valence-electron chi connectivity index (χ2n) is 7.69. The van der Waals surface area contributed by atoms with E-state index < -0.39 is 11.4 Å². The quantitative estimate of drug-likeness (QED) is 0.518. The molecule has 31 heavy (non-hydrogen) atoms. The Morgan fingerprint density at radius 1 is 1.13 bits per heavy atom. The summed E-state index contributed by atoms with van der Waals surface area (Å²) < 4.78 is 16.5. The molecule has 7 nitrogen and oxygen atoms in total. The molecule has 0 radical (unpaired) electrons. The van der Waals surface area contributed by atoms with Gasteiger partial charge in [0.2, 0.25) is 11.6 Å². The van der Waals surface area contributed by atoms with Gasteiger partial charge in [-0.15, -0.1) is 10.2 Å². The largest absolute Gasteiger partial charge is 0.326 e. The average molecular weight is 419 g/mol. The molecule has 0 bridgehead atoms. The molecule has 0 aliphatic heterocycles. The van der Waals surface area contributed by atoms with Crippen LogP contribution < -0.4 is 10.9 Å². The van der Waals surface area contributed by atoms with Gasteiger partial charge in [0, 0.05) is 30.9 Å². The van der Waals surface area contributed by atoms with Crippen LogP contribution in [0.4, 0.5) is 10.1 Å². The molecular weight excluding hydrogens is 397 g/mol. The van der Waals surface area contributed by atoms with Crippen molar-refractivity contribution < 1.29 is 9.18 Å². The number of anilines is 1. The molecule has 1 atom stereocenters. The molecule has 2 aromatic heterocycles. The van der Waals surface area contributed by atoms with Crippen LogP contribution in [0.15, 0.2) is 65.7 Å². The fourth-order valence-corrected chi connectivity index (χ4v) is 3.45. The minimum Gasteiger partial charge on any atom is -0.326 e. The molecule has 0 fully saturated rings. The summed E-state index contributed by atoms with van der Waals surface area (Å²) in [6, 6.07) is 13.4. The number of aromatic nitrogens is 4. The van der Waals surface area contributed by atoms with Gasteiger partial charge in [0.25, 0.3) is 0 Å². The molecule has 8 heteroatoms. The summed E-state index contributed by atoms with van der Waals surface area (Å²) in [5.74, 6) is 0.0698. The lowest BCUT2D eigenvalue weighted by molar-refractivity contribution is -0.116. The van der Waals surface area contributed by atoms with Crippen molar-refractivity contribution in [3.63, 3.8) is 0 Å². The summed E-state index contributed by atoms with van der Waals surface area (Å²) in [6.07, 6.45) is 4.02. The predicted molar refractivity (Wildman–Crippen MR) is 116 cm³/mol. The Labute approximate surface area is 178 Å². The number of benzene rings is 2. The summed E-state index contributed by atoms with van der Waals surface area (Å²) in [7, 11) is 0. The lowest BCUT2D eigenvalue weighted by Crippen LogP contribution is -2.21. The molecule has 4 aromatic rings. The monoisotopic (exact) mass is 419 g/mol. The normalized spacial score (nSPS) is 12.1. The number of carbonyl (C=O) groups is 1. The summed E-state index contributed by atoms with van der Waals surface area (Å²) >= 11 is 0. The van der Waals surface area contributed by atoms with Crippen molar-refractivity contribution in [2.24, 2.45) is 5.92 Å². The molecule has 158 valence electrons. The van der Waals surface area contributed by atoms with Crippen molar-refractivity contribution in [3.8, 4) is 5.69 Å². The van der Waals surface area contributed by atoms with Gasteiger partial charge in [-0.3, -0.25) is 18.6 Å². The zero-order valence-corrected chi connectivity index (χ0v) is 17.2. The molecule has 0 aliphatic carbocycles. The van der Waals surface area contributed by atoms with Crippen LogP contribution in [0.2, 0.25) is 0 Å². The van der Waals surface area contributed by atoms with E-state index in [0.29, 0.717) is 24.4 Å². The standard InChI is InChI=1S/C23H22FN5O2/c1-15-6-8-18(9-7-15)25-21(30)13-16(2)12-20-26-27-22-23(31)28(10-11-29(20)22)19-5-3-4-17(24)14-19/h3-11,14,16H,12-13H2,1-2H3,(H,25,30). The lowest BCUT2D eigenvalue weighted by Gasteiger charge is -2.11. The second kappa shape index (κ2) is 8.51. The predicted octanol–water partition coefficient (Wildman–Crippen LogP) is 3.54. The number of rotatable bonds is 6. The highest BCUT2D eigenvalue weighted by Crippen LogP contribution is 2.15. The fraction of sp³-hybridized carbons (Fsp3) is 0.217. The first-order valence-electron chi connectivity index (χ1n) is 9.98. The van der Waals surface area contributed by atoms with E-state index in [2.05, 4.69) is 15.5 Å². The maximum atomic E-state index is 13.5. The van der Waals surface area contributed by atoms with Crippen LogP contribution in [-0.2, 0) is 11.2 Å². The number of aryl methyl sites for hydroxylation is 1. The first kappa shape index (κ1) is 20.5. The fourth-order valence-electron chi connectivity index (χ4n) is 3.45. The van der Waals surface area contributed by atoms with Gasteiger partial charge in [-0.2, -0.15) is 0 Å². The molecule has 0 saturated heterocycles. The average Bonchev–Trinajstić information content (AvgIpc) is 3.13. The smallest absolute Gasteiger partial charge is 0.300 e. The highest BCUT2D eigenvalue weighted by atomic mass is 19.1. The van der Waals surface area contributed by atoms with E-state index in [1.807, 2.05) is 38.1 Å². The Morgan fingerprint density at radius 2 is 1.90 bits per heavy atom. The van der Waals surface area contributed by atoms with Crippen molar-refractivity contribution in [2.45, 2.75) is 26.7 Å². The molecule has 1 N–H and O–H groups in total. The first-order valence-corrected chi connectivity index (χ1v) is 9.98. The molecule has 1 unspecified atom stereocenters. The summed E-state index contributed by atoms with van der Waals surface area (Å²) in [5, 5.41) is 11.1. The van der Waals surface area contributed by atoms with E-state index in [9.17, 15) is 14.0 Å². The summed E-state index contributed by atoms with van der Waals surface area (Å²) in [5.41, 5.74) is 2.06. The van der Waals surface area contributed by atoms with E-state index in [1.54, 1.807) is 28.9 Å². The first-order chi connectivity index (χ1) is 14.9. The number of halogens is 1. The molecule has 2 heterocycles. The van der Waals surface area contributed by atoms with Gasteiger partial charge in [0.1, 0.15) is 11.6 Å². The molecule has 0 aliphatic rings. The van der Waals surface area contributed by atoms with Crippen LogP contribution >= 0.6 is 0 Å². The van der Waals surface area contributed by atoms with Gasteiger partial charge < -0.3 is 5.32 Å². The van der Waals surface area contributed by atoms with Gasteiger partial charge in [-0.05, 0) is 43.2 Å². The molecule has 1 amide bonds.